The quantitative estimate of drug-likeness (QED) is 0.873. The molecule has 1 aromatic carbocycles. The van der Waals surface area contributed by atoms with Crippen LogP contribution in [0.1, 0.15) is 42.3 Å². The van der Waals surface area contributed by atoms with Crippen LogP contribution in [0.5, 0.6) is 0 Å². The number of rotatable bonds is 3. The molecule has 0 amide bonds. The lowest BCUT2D eigenvalue weighted by Crippen LogP contribution is -2.17. The average molecular weight is 292 g/mol. The smallest absolute Gasteiger partial charge is 0.240 e. The summed E-state index contributed by atoms with van der Waals surface area (Å²) in [4.78, 5) is 4.51. The summed E-state index contributed by atoms with van der Waals surface area (Å²) in [6.45, 7) is 9.59. The van der Waals surface area contributed by atoms with Crippen LogP contribution in [-0.2, 0) is 10.0 Å². The molecule has 0 saturated carbocycles. The summed E-state index contributed by atoms with van der Waals surface area (Å²) in [7, 11) is -3.59. The molecule has 0 aliphatic heterocycles. The van der Waals surface area contributed by atoms with Gasteiger partial charge in [0.25, 0.3) is 10.0 Å². The van der Waals surface area contributed by atoms with Crippen molar-refractivity contribution >= 4 is 10.0 Å². The van der Waals surface area contributed by atoms with Gasteiger partial charge in [-0.2, -0.15) is 0 Å². The summed E-state index contributed by atoms with van der Waals surface area (Å²) < 4.78 is 26.9. The third-order valence-corrected chi connectivity index (χ3v) is 5.30. The summed E-state index contributed by atoms with van der Waals surface area (Å²) in [6.07, 6.45) is 3.04. The molecule has 0 unspecified atom stereocenters. The van der Waals surface area contributed by atoms with E-state index in [9.17, 15) is 8.42 Å². The van der Waals surface area contributed by atoms with Gasteiger partial charge in [-0.05, 0) is 43.5 Å². The molecule has 1 heterocycles. The van der Waals surface area contributed by atoms with Gasteiger partial charge in [0.2, 0.25) is 0 Å². The lowest BCUT2D eigenvalue weighted by Gasteiger charge is -2.14. The number of imidazole rings is 1. The molecule has 0 atom stereocenters. The van der Waals surface area contributed by atoms with Gasteiger partial charge < -0.3 is 0 Å². The molecule has 20 heavy (non-hydrogen) atoms. The first kappa shape index (κ1) is 14.8. The lowest BCUT2D eigenvalue weighted by molar-refractivity contribution is 0.581. The standard InChI is InChI=1S/C15H20N2O2S/c1-10(2)15-16-6-7-17(15)20(18,19)14-9-12(4)11(3)8-13(14)5/h6-10H,1-5H3. The Morgan fingerprint density at radius 3 is 2.25 bits per heavy atom. The fraction of sp³-hybridized carbons (Fsp3) is 0.400. The van der Waals surface area contributed by atoms with Crippen molar-refractivity contribution in [3.8, 4) is 0 Å². The zero-order chi connectivity index (χ0) is 15.1. The molecule has 0 aliphatic rings. The fourth-order valence-electron chi connectivity index (χ4n) is 2.23. The van der Waals surface area contributed by atoms with Crippen molar-refractivity contribution in [2.24, 2.45) is 0 Å². The first-order valence-electron chi connectivity index (χ1n) is 6.62. The minimum absolute atomic E-state index is 0.0478. The van der Waals surface area contributed by atoms with Crippen LogP contribution in [0.15, 0.2) is 29.4 Å². The SMILES string of the molecule is Cc1cc(C)c(S(=O)(=O)n2ccnc2C(C)C)cc1C. The van der Waals surface area contributed by atoms with Crippen LogP contribution in [0.4, 0.5) is 0 Å². The van der Waals surface area contributed by atoms with E-state index in [0.717, 1.165) is 16.7 Å². The summed E-state index contributed by atoms with van der Waals surface area (Å²) in [5.41, 5.74) is 2.83. The number of nitrogens with zero attached hydrogens (tertiary/aromatic N) is 2. The highest BCUT2D eigenvalue weighted by atomic mass is 32.2. The summed E-state index contributed by atoms with van der Waals surface area (Å²) in [6, 6.07) is 3.65. The predicted molar refractivity (Wildman–Crippen MR) is 79.6 cm³/mol. The van der Waals surface area contributed by atoms with Gasteiger partial charge in [-0.3, -0.25) is 0 Å². The molecule has 0 saturated heterocycles. The van der Waals surface area contributed by atoms with Crippen LogP contribution in [-0.4, -0.2) is 17.4 Å². The van der Waals surface area contributed by atoms with Crippen molar-refractivity contribution in [3.63, 3.8) is 0 Å². The van der Waals surface area contributed by atoms with E-state index in [4.69, 9.17) is 0 Å². The zero-order valence-corrected chi connectivity index (χ0v) is 13.3. The molecule has 0 fully saturated rings. The van der Waals surface area contributed by atoms with Crippen molar-refractivity contribution in [1.82, 2.24) is 8.96 Å². The summed E-state index contributed by atoms with van der Waals surface area (Å²) in [5.74, 6) is 0.606. The maximum absolute atomic E-state index is 12.8. The highest BCUT2D eigenvalue weighted by Crippen LogP contribution is 2.25. The van der Waals surface area contributed by atoms with Crippen molar-refractivity contribution in [3.05, 3.63) is 47.0 Å². The highest BCUT2D eigenvalue weighted by Gasteiger charge is 2.23. The number of hydrogen-bond acceptors (Lipinski definition) is 3. The number of aryl methyl sites for hydroxylation is 3. The largest absolute Gasteiger partial charge is 0.269 e. The van der Waals surface area contributed by atoms with Crippen molar-refractivity contribution in [1.29, 1.82) is 0 Å². The predicted octanol–water partition coefficient (Wildman–Crippen LogP) is 3.17. The summed E-state index contributed by atoms with van der Waals surface area (Å²) >= 11 is 0. The van der Waals surface area contributed by atoms with E-state index >= 15 is 0 Å². The zero-order valence-electron chi connectivity index (χ0n) is 12.5. The van der Waals surface area contributed by atoms with Crippen LogP contribution in [0, 0.1) is 20.8 Å². The Hall–Kier alpha value is -1.62. The number of benzene rings is 1. The van der Waals surface area contributed by atoms with Crippen molar-refractivity contribution in [2.75, 3.05) is 0 Å². The van der Waals surface area contributed by atoms with E-state index in [0.29, 0.717) is 10.7 Å². The molecule has 1 aromatic heterocycles. The van der Waals surface area contributed by atoms with Crippen molar-refractivity contribution in [2.45, 2.75) is 45.4 Å². The Bertz CT molecular complexity index is 743. The maximum atomic E-state index is 12.8. The molecule has 4 nitrogen and oxygen atoms in total. The summed E-state index contributed by atoms with van der Waals surface area (Å²) in [5, 5.41) is 0. The van der Waals surface area contributed by atoms with Gasteiger partial charge in [-0.25, -0.2) is 17.4 Å². The van der Waals surface area contributed by atoms with Gasteiger partial charge in [0, 0.05) is 18.3 Å². The Morgan fingerprint density at radius 2 is 1.65 bits per heavy atom. The lowest BCUT2D eigenvalue weighted by atomic mass is 10.1. The molecule has 0 spiro atoms. The van der Waals surface area contributed by atoms with Gasteiger partial charge in [0.15, 0.2) is 0 Å². The molecule has 108 valence electrons. The van der Waals surface area contributed by atoms with Crippen LogP contribution < -0.4 is 0 Å². The van der Waals surface area contributed by atoms with E-state index in [1.807, 2.05) is 40.7 Å². The van der Waals surface area contributed by atoms with Crippen molar-refractivity contribution < 1.29 is 8.42 Å². The minimum atomic E-state index is -3.59. The van der Waals surface area contributed by atoms with Crippen LogP contribution in [0.25, 0.3) is 0 Å². The molecule has 0 N–H and O–H groups in total. The Labute approximate surface area is 120 Å². The first-order valence-corrected chi connectivity index (χ1v) is 8.06. The van der Waals surface area contributed by atoms with Crippen LogP contribution in [0.2, 0.25) is 0 Å². The number of aromatic nitrogens is 2. The van der Waals surface area contributed by atoms with E-state index in [1.165, 1.54) is 16.4 Å². The van der Waals surface area contributed by atoms with Gasteiger partial charge in [0.1, 0.15) is 5.82 Å². The minimum Gasteiger partial charge on any atom is -0.240 e. The number of hydrogen-bond donors (Lipinski definition) is 0. The molecular weight excluding hydrogens is 272 g/mol. The average Bonchev–Trinajstić information content (AvgIpc) is 2.83. The topological polar surface area (TPSA) is 52.0 Å². The van der Waals surface area contributed by atoms with E-state index < -0.39 is 10.0 Å². The second-order valence-corrected chi connectivity index (χ2v) is 7.23. The Kier molecular flexibility index (Phi) is 3.73. The third-order valence-electron chi connectivity index (χ3n) is 3.48. The highest BCUT2D eigenvalue weighted by molar-refractivity contribution is 7.90. The third kappa shape index (κ3) is 2.38. The molecule has 0 radical (unpaired) electrons. The van der Waals surface area contributed by atoms with Gasteiger partial charge in [-0.1, -0.05) is 19.9 Å². The monoisotopic (exact) mass is 292 g/mol. The first-order chi connectivity index (χ1) is 9.25. The van der Waals surface area contributed by atoms with E-state index in [-0.39, 0.29) is 5.92 Å². The second kappa shape index (κ2) is 5.05. The second-order valence-electron chi connectivity index (χ2n) is 5.44. The van der Waals surface area contributed by atoms with E-state index in [1.54, 1.807) is 6.07 Å². The molecule has 0 bridgehead atoms. The molecule has 5 heteroatoms. The molecular formula is C15H20N2O2S. The normalized spacial score (nSPS) is 12.1. The van der Waals surface area contributed by atoms with Gasteiger partial charge in [-0.15, -0.1) is 0 Å². The van der Waals surface area contributed by atoms with Gasteiger partial charge >= 0.3 is 0 Å². The van der Waals surface area contributed by atoms with Gasteiger partial charge in [0.05, 0.1) is 4.90 Å². The Morgan fingerprint density at radius 1 is 1.05 bits per heavy atom. The Balaban J connectivity index is 2.67. The molecule has 2 rings (SSSR count). The molecule has 0 aliphatic carbocycles. The maximum Gasteiger partial charge on any atom is 0.269 e. The van der Waals surface area contributed by atoms with Crippen LogP contribution >= 0.6 is 0 Å². The van der Waals surface area contributed by atoms with Crippen LogP contribution in [0.3, 0.4) is 0 Å². The van der Waals surface area contributed by atoms with E-state index in [2.05, 4.69) is 4.98 Å². The fourth-order valence-corrected chi connectivity index (χ4v) is 3.95. The molecule has 2 aromatic rings.